The summed E-state index contributed by atoms with van der Waals surface area (Å²) < 4.78 is 11.7. The van der Waals surface area contributed by atoms with E-state index in [9.17, 15) is 14.7 Å². The minimum absolute atomic E-state index is 0.00203. The van der Waals surface area contributed by atoms with Gasteiger partial charge >= 0.3 is 0 Å². The Morgan fingerprint density at radius 2 is 1.68 bits per heavy atom. The van der Waals surface area contributed by atoms with Gasteiger partial charge in [-0.1, -0.05) is 11.6 Å². The largest absolute Gasteiger partial charge is 0.503 e. The van der Waals surface area contributed by atoms with Crippen LogP contribution in [0.5, 0.6) is 0 Å². The molecule has 2 aromatic heterocycles. The average Bonchev–Trinajstić information content (AvgIpc) is 3.60. The number of nitrogens with zero attached hydrogens (tertiary/aromatic N) is 2. The summed E-state index contributed by atoms with van der Waals surface area (Å²) in [6.07, 6.45) is 3.55. The van der Waals surface area contributed by atoms with Gasteiger partial charge in [0.25, 0.3) is 5.91 Å². The van der Waals surface area contributed by atoms with Gasteiger partial charge in [0.15, 0.2) is 11.5 Å². The lowest BCUT2D eigenvalue weighted by molar-refractivity contribution is -0.117. The van der Waals surface area contributed by atoms with Gasteiger partial charge in [0, 0.05) is 34.9 Å². The maximum atomic E-state index is 13.7. The fourth-order valence-electron chi connectivity index (χ4n) is 5.21. The van der Waals surface area contributed by atoms with Crippen molar-refractivity contribution in [2.75, 3.05) is 22.9 Å². The predicted molar refractivity (Wildman–Crippen MR) is 141 cm³/mol. The lowest BCUT2D eigenvalue weighted by Gasteiger charge is -2.30. The van der Waals surface area contributed by atoms with Crippen molar-refractivity contribution < 1.29 is 23.5 Å². The molecule has 1 N–H and O–H groups in total. The highest BCUT2D eigenvalue weighted by molar-refractivity contribution is 6.31. The van der Waals surface area contributed by atoms with Crippen LogP contribution in [-0.2, 0) is 4.79 Å². The lowest BCUT2D eigenvalue weighted by atomic mass is 9.99. The number of aliphatic hydroxyl groups excluding tert-OH is 1. The molecule has 8 heteroatoms. The van der Waals surface area contributed by atoms with Crippen LogP contribution in [0, 0.1) is 6.92 Å². The molecule has 1 saturated heterocycles. The molecule has 2 aliphatic rings. The molecule has 0 bridgehead atoms. The van der Waals surface area contributed by atoms with Gasteiger partial charge in [0.1, 0.15) is 23.1 Å². The van der Waals surface area contributed by atoms with Gasteiger partial charge in [0.2, 0.25) is 5.78 Å². The number of aryl methyl sites for hydroxylation is 1. The lowest BCUT2D eigenvalue weighted by Crippen LogP contribution is -2.31. The normalized spacial score (nSPS) is 18.3. The third-order valence-corrected chi connectivity index (χ3v) is 7.27. The minimum atomic E-state index is -0.952. The fourth-order valence-corrected chi connectivity index (χ4v) is 5.39. The van der Waals surface area contributed by atoms with Crippen molar-refractivity contribution in [3.05, 3.63) is 94.3 Å². The smallest absolute Gasteiger partial charge is 0.294 e. The molecule has 1 atom stereocenters. The molecule has 0 spiro atoms. The zero-order chi connectivity index (χ0) is 25.7. The van der Waals surface area contributed by atoms with Gasteiger partial charge in [-0.3, -0.25) is 14.5 Å². The van der Waals surface area contributed by atoms with E-state index in [-0.39, 0.29) is 11.3 Å². The van der Waals surface area contributed by atoms with Crippen molar-refractivity contribution in [3.63, 3.8) is 0 Å². The second-order valence-electron chi connectivity index (χ2n) is 9.47. The van der Waals surface area contributed by atoms with Crippen molar-refractivity contribution in [1.29, 1.82) is 0 Å². The van der Waals surface area contributed by atoms with E-state index >= 15 is 0 Å². The van der Waals surface area contributed by atoms with Crippen LogP contribution in [-0.4, -0.2) is 29.9 Å². The topological polar surface area (TPSA) is 87.1 Å². The summed E-state index contributed by atoms with van der Waals surface area (Å²) in [5, 5.41) is 12.1. The van der Waals surface area contributed by atoms with E-state index < -0.39 is 23.5 Å². The van der Waals surface area contributed by atoms with Crippen molar-refractivity contribution in [2.24, 2.45) is 0 Å². The van der Waals surface area contributed by atoms with E-state index in [1.54, 1.807) is 43.3 Å². The molecular weight excluding hydrogens is 492 g/mol. The van der Waals surface area contributed by atoms with Crippen LogP contribution in [0.1, 0.15) is 47.4 Å². The second kappa shape index (κ2) is 9.16. The Morgan fingerprint density at radius 3 is 2.38 bits per heavy atom. The van der Waals surface area contributed by atoms with Gasteiger partial charge in [-0.05, 0) is 86.8 Å². The first-order valence-corrected chi connectivity index (χ1v) is 12.7. The number of carbonyl (C=O) groups excluding carboxylic acids is 2. The van der Waals surface area contributed by atoms with Gasteiger partial charge < -0.3 is 18.8 Å². The van der Waals surface area contributed by atoms with E-state index in [1.165, 1.54) is 11.3 Å². The van der Waals surface area contributed by atoms with E-state index in [0.29, 0.717) is 33.2 Å². The standard InChI is InChI=1S/C29H25ClN2O5/c1-17-5-11-23(36-17)26-25(27(33)24-16-18-15-19(30)6-12-22(18)37-24)28(34)29(35)32(26)21-9-7-20(8-10-21)31-13-3-2-4-14-31/h5-12,15-16,26,34H,2-4,13-14H2,1H3. The molecule has 0 saturated carbocycles. The molecule has 1 fully saturated rings. The van der Waals surface area contributed by atoms with E-state index in [2.05, 4.69) is 4.90 Å². The van der Waals surface area contributed by atoms with E-state index in [4.69, 9.17) is 20.4 Å². The Balaban J connectivity index is 1.40. The molecule has 188 valence electrons. The first-order chi connectivity index (χ1) is 17.9. The number of anilines is 2. The number of fused-ring (bicyclic) bond motifs is 1. The third kappa shape index (κ3) is 4.09. The highest BCUT2D eigenvalue weighted by atomic mass is 35.5. The zero-order valence-electron chi connectivity index (χ0n) is 20.2. The number of benzene rings is 2. The molecule has 2 aliphatic heterocycles. The Morgan fingerprint density at radius 1 is 0.946 bits per heavy atom. The van der Waals surface area contributed by atoms with Crippen molar-refractivity contribution in [2.45, 2.75) is 32.2 Å². The number of hydrogen-bond donors (Lipinski definition) is 1. The number of aliphatic hydroxyl groups is 1. The van der Waals surface area contributed by atoms with Crippen LogP contribution in [0.2, 0.25) is 5.02 Å². The Kier molecular flexibility index (Phi) is 5.80. The highest BCUT2D eigenvalue weighted by Gasteiger charge is 2.47. The Bertz CT molecular complexity index is 1540. The van der Waals surface area contributed by atoms with Gasteiger partial charge in [0.05, 0.1) is 5.57 Å². The van der Waals surface area contributed by atoms with Crippen LogP contribution in [0.3, 0.4) is 0 Å². The fraction of sp³-hybridized carbons (Fsp3) is 0.241. The molecule has 0 aliphatic carbocycles. The molecular formula is C29H25ClN2O5. The van der Waals surface area contributed by atoms with Crippen LogP contribution in [0.25, 0.3) is 11.0 Å². The van der Waals surface area contributed by atoms with E-state index in [1.807, 2.05) is 24.3 Å². The molecule has 1 amide bonds. The Labute approximate surface area is 218 Å². The van der Waals surface area contributed by atoms with Crippen LogP contribution < -0.4 is 9.80 Å². The number of halogens is 1. The number of piperidine rings is 1. The number of hydrogen-bond acceptors (Lipinski definition) is 6. The molecule has 7 nitrogen and oxygen atoms in total. The number of carbonyl (C=O) groups is 2. The van der Waals surface area contributed by atoms with Gasteiger partial charge in [-0.2, -0.15) is 0 Å². The summed E-state index contributed by atoms with van der Waals surface area (Å²) in [6.45, 7) is 3.78. The molecule has 1 unspecified atom stereocenters. The summed E-state index contributed by atoms with van der Waals surface area (Å²) in [5.41, 5.74) is 2.02. The number of ketones is 1. The highest BCUT2D eigenvalue weighted by Crippen LogP contribution is 2.43. The van der Waals surface area contributed by atoms with E-state index in [0.717, 1.165) is 31.6 Å². The monoisotopic (exact) mass is 516 g/mol. The number of amides is 1. The summed E-state index contributed by atoms with van der Waals surface area (Å²) in [5.74, 6) is -0.890. The summed E-state index contributed by atoms with van der Waals surface area (Å²) in [7, 11) is 0. The quantitative estimate of drug-likeness (QED) is 0.295. The molecule has 6 rings (SSSR count). The van der Waals surface area contributed by atoms with Crippen LogP contribution in [0.15, 0.2) is 80.8 Å². The van der Waals surface area contributed by atoms with Crippen LogP contribution >= 0.6 is 11.6 Å². The Hall–Kier alpha value is -3.97. The predicted octanol–water partition coefficient (Wildman–Crippen LogP) is 6.76. The first kappa shape index (κ1) is 23.4. The molecule has 0 radical (unpaired) electrons. The molecule has 37 heavy (non-hydrogen) atoms. The van der Waals surface area contributed by atoms with Gasteiger partial charge in [-0.25, -0.2) is 0 Å². The zero-order valence-corrected chi connectivity index (χ0v) is 21.0. The van der Waals surface area contributed by atoms with Crippen molar-refractivity contribution in [3.8, 4) is 0 Å². The van der Waals surface area contributed by atoms with Gasteiger partial charge in [-0.15, -0.1) is 0 Å². The molecule has 2 aromatic carbocycles. The summed E-state index contributed by atoms with van der Waals surface area (Å²) >= 11 is 6.09. The SMILES string of the molecule is Cc1ccc(C2C(C(=O)c3cc4cc(Cl)ccc4o3)=C(O)C(=O)N2c2ccc(N3CCCCC3)cc2)o1. The number of rotatable bonds is 5. The summed E-state index contributed by atoms with van der Waals surface area (Å²) in [4.78, 5) is 30.9. The maximum Gasteiger partial charge on any atom is 0.294 e. The first-order valence-electron chi connectivity index (χ1n) is 12.3. The molecule has 4 aromatic rings. The number of furan rings is 2. The number of Topliss-reactive ketones (excluding diaryl/α,β-unsaturated/α-hetero) is 1. The minimum Gasteiger partial charge on any atom is -0.503 e. The average molecular weight is 517 g/mol. The summed E-state index contributed by atoms with van der Waals surface area (Å²) in [6, 6.07) is 16.7. The van der Waals surface area contributed by atoms with Crippen molar-refractivity contribution in [1.82, 2.24) is 0 Å². The van der Waals surface area contributed by atoms with Crippen LogP contribution in [0.4, 0.5) is 11.4 Å². The van der Waals surface area contributed by atoms with Crippen molar-refractivity contribution >= 4 is 45.6 Å². The maximum absolute atomic E-state index is 13.7. The molecule has 4 heterocycles. The third-order valence-electron chi connectivity index (χ3n) is 7.03. The second-order valence-corrected chi connectivity index (χ2v) is 9.91.